The fourth-order valence-corrected chi connectivity index (χ4v) is 6.09. The van der Waals surface area contributed by atoms with E-state index in [1.54, 1.807) is 30.3 Å². The number of pyridine rings is 1. The number of nitrogens with zero attached hydrogens (tertiary/aromatic N) is 1. The number of benzene rings is 2. The normalized spacial score (nSPS) is 17.1. The number of aryl methyl sites for hydroxylation is 2. The quantitative estimate of drug-likeness (QED) is 0.225. The van der Waals surface area contributed by atoms with E-state index in [9.17, 15) is 27.5 Å². The minimum absolute atomic E-state index is 0.0372. The second kappa shape index (κ2) is 13.2. The number of nitrogens with two attached hydrogens (primary N) is 1. The summed E-state index contributed by atoms with van der Waals surface area (Å²) in [5.41, 5.74) is 6.81. The van der Waals surface area contributed by atoms with E-state index in [1.807, 2.05) is 13.0 Å². The van der Waals surface area contributed by atoms with E-state index in [2.05, 4.69) is 9.71 Å². The smallest absolute Gasteiger partial charge is 0.337 e. The lowest BCUT2D eigenvalue weighted by atomic mass is 9.83. The highest BCUT2D eigenvalue weighted by molar-refractivity contribution is 7.92. The number of rotatable bonds is 13. The van der Waals surface area contributed by atoms with Crippen LogP contribution in [0.15, 0.2) is 83.2 Å². The molecule has 0 fully saturated rings. The van der Waals surface area contributed by atoms with Crippen LogP contribution in [0, 0.1) is 5.82 Å². The highest BCUT2D eigenvalue weighted by atomic mass is 32.2. The summed E-state index contributed by atoms with van der Waals surface area (Å²) in [5.74, 6) is -1.51. The molecule has 1 amide bonds. The largest absolute Gasteiger partial charge is 0.512 e. The average Bonchev–Trinajstić information content (AvgIpc) is 2.94. The van der Waals surface area contributed by atoms with Crippen molar-refractivity contribution in [2.45, 2.75) is 68.9 Å². The SMILES string of the molecule is CCCC1(CCc2ccc(F)cc2)CC(O)=C(CCCc2cccc(NS(=O)(=O)c3ccc(C(N)=O)cn3)c2)C(=O)O1. The van der Waals surface area contributed by atoms with Gasteiger partial charge in [-0.1, -0.05) is 37.6 Å². The number of cyclic esters (lactones) is 1. The Morgan fingerprint density at radius 2 is 1.83 bits per heavy atom. The number of ether oxygens (including phenoxy) is 1. The molecule has 11 heteroatoms. The van der Waals surface area contributed by atoms with Gasteiger partial charge in [0.05, 0.1) is 11.1 Å². The molecule has 1 aliphatic heterocycles. The van der Waals surface area contributed by atoms with Gasteiger partial charge in [0, 0.05) is 18.3 Å². The van der Waals surface area contributed by atoms with E-state index in [0.29, 0.717) is 44.2 Å². The van der Waals surface area contributed by atoms with Gasteiger partial charge in [-0.25, -0.2) is 14.2 Å². The Morgan fingerprint density at radius 3 is 2.48 bits per heavy atom. The zero-order valence-electron chi connectivity index (χ0n) is 23.3. The Bertz CT molecular complexity index is 1570. The molecule has 9 nitrogen and oxygen atoms in total. The van der Waals surface area contributed by atoms with Crippen LogP contribution < -0.4 is 10.5 Å². The van der Waals surface area contributed by atoms with E-state index in [1.165, 1.54) is 24.3 Å². The Morgan fingerprint density at radius 1 is 1.07 bits per heavy atom. The molecule has 0 radical (unpaired) electrons. The minimum atomic E-state index is -4.00. The number of aromatic nitrogens is 1. The van der Waals surface area contributed by atoms with Crippen LogP contribution in [0.2, 0.25) is 0 Å². The summed E-state index contributed by atoms with van der Waals surface area (Å²) in [6.45, 7) is 1.99. The molecule has 1 aliphatic rings. The Balaban J connectivity index is 1.37. The van der Waals surface area contributed by atoms with Gasteiger partial charge in [-0.05, 0) is 86.1 Å². The number of aliphatic hydroxyl groups is 1. The summed E-state index contributed by atoms with van der Waals surface area (Å²) in [4.78, 5) is 28.0. The van der Waals surface area contributed by atoms with Crippen molar-refractivity contribution in [2.75, 3.05) is 4.72 Å². The maximum absolute atomic E-state index is 13.3. The number of primary amides is 1. The molecule has 0 aliphatic carbocycles. The van der Waals surface area contributed by atoms with Gasteiger partial charge < -0.3 is 15.6 Å². The zero-order chi connectivity index (χ0) is 30.3. The van der Waals surface area contributed by atoms with Crippen LogP contribution in [0.4, 0.5) is 10.1 Å². The fraction of sp³-hybridized carbons (Fsp3) is 0.323. The van der Waals surface area contributed by atoms with Gasteiger partial charge in [-0.15, -0.1) is 0 Å². The molecule has 2 heterocycles. The number of nitrogens with one attached hydrogen (secondary N) is 1. The number of carbonyl (C=O) groups excluding carboxylic acids is 2. The topological polar surface area (TPSA) is 149 Å². The second-order valence-corrected chi connectivity index (χ2v) is 12.1. The first-order valence-corrected chi connectivity index (χ1v) is 15.2. The lowest BCUT2D eigenvalue weighted by Gasteiger charge is -2.37. The van der Waals surface area contributed by atoms with Gasteiger partial charge in [-0.3, -0.25) is 9.52 Å². The van der Waals surface area contributed by atoms with Crippen molar-refractivity contribution in [3.05, 3.63) is 101 Å². The van der Waals surface area contributed by atoms with Crippen LogP contribution in [0.3, 0.4) is 0 Å². The highest BCUT2D eigenvalue weighted by Gasteiger charge is 2.40. The molecule has 0 saturated carbocycles. The summed E-state index contributed by atoms with van der Waals surface area (Å²) >= 11 is 0. The fourth-order valence-electron chi connectivity index (χ4n) is 5.11. The van der Waals surface area contributed by atoms with Crippen LogP contribution in [0.5, 0.6) is 0 Å². The number of anilines is 1. The molecule has 1 atom stereocenters. The number of carbonyl (C=O) groups is 2. The van der Waals surface area contributed by atoms with Crippen molar-refractivity contribution in [1.82, 2.24) is 4.98 Å². The zero-order valence-corrected chi connectivity index (χ0v) is 24.1. The molecule has 0 bridgehead atoms. The van der Waals surface area contributed by atoms with Crippen LogP contribution in [0.1, 0.15) is 66.9 Å². The molecule has 0 spiro atoms. The Hall–Kier alpha value is -4.25. The van der Waals surface area contributed by atoms with Gasteiger partial charge in [0.2, 0.25) is 5.91 Å². The van der Waals surface area contributed by atoms with Crippen molar-refractivity contribution in [3.63, 3.8) is 0 Å². The highest BCUT2D eigenvalue weighted by Crippen LogP contribution is 2.38. The van der Waals surface area contributed by atoms with Crippen LogP contribution in [-0.2, 0) is 32.4 Å². The van der Waals surface area contributed by atoms with Gasteiger partial charge in [0.15, 0.2) is 5.03 Å². The van der Waals surface area contributed by atoms with E-state index in [4.69, 9.17) is 10.5 Å². The van der Waals surface area contributed by atoms with Crippen molar-refractivity contribution < 1.29 is 32.2 Å². The minimum Gasteiger partial charge on any atom is -0.512 e. The predicted octanol–water partition coefficient (Wildman–Crippen LogP) is 5.37. The number of esters is 1. The lowest BCUT2D eigenvalue weighted by Crippen LogP contribution is -2.40. The standard InChI is InChI=1S/C31H34FN3O6S/c1-2-16-31(17-15-21-9-12-24(32)13-10-21)19-27(36)26(30(38)41-31)8-4-6-22-5-3-7-25(18-22)35-42(39,40)28-14-11-23(20-34-28)29(33)37/h3,5,7,9-14,18,20,35-36H,2,4,6,8,15-17,19H2,1H3,(H2,33,37). The predicted molar refractivity (Wildman–Crippen MR) is 156 cm³/mol. The summed E-state index contributed by atoms with van der Waals surface area (Å²) < 4.78 is 47.2. The number of hydrogen-bond acceptors (Lipinski definition) is 7. The first kappa shape index (κ1) is 30.7. The van der Waals surface area contributed by atoms with E-state index < -0.39 is 27.5 Å². The Labute approximate surface area is 244 Å². The third-order valence-corrected chi connectivity index (χ3v) is 8.55. The van der Waals surface area contributed by atoms with Crippen molar-refractivity contribution >= 4 is 27.6 Å². The molecule has 4 N–H and O–H groups in total. The molecule has 4 rings (SSSR count). The maximum atomic E-state index is 13.3. The average molecular weight is 596 g/mol. The van der Waals surface area contributed by atoms with Gasteiger partial charge in [0.1, 0.15) is 17.2 Å². The number of amides is 1. The van der Waals surface area contributed by atoms with Gasteiger partial charge in [0.25, 0.3) is 10.0 Å². The summed E-state index contributed by atoms with van der Waals surface area (Å²) in [5, 5.41) is 10.6. The van der Waals surface area contributed by atoms with Gasteiger partial charge in [-0.2, -0.15) is 8.42 Å². The maximum Gasteiger partial charge on any atom is 0.337 e. The first-order chi connectivity index (χ1) is 20.0. The molecule has 3 aromatic rings. The number of aliphatic hydroxyl groups excluding tert-OH is 1. The van der Waals surface area contributed by atoms with Crippen molar-refractivity contribution in [2.24, 2.45) is 5.73 Å². The van der Waals surface area contributed by atoms with E-state index >= 15 is 0 Å². The summed E-state index contributed by atoms with van der Waals surface area (Å²) in [6.07, 6.45) is 5.16. The van der Waals surface area contributed by atoms with Crippen LogP contribution in [0.25, 0.3) is 0 Å². The number of halogens is 1. The Kier molecular flexibility index (Phi) is 9.62. The molecule has 1 unspecified atom stereocenters. The molecule has 42 heavy (non-hydrogen) atoms. The molecule has 1 aromatic heterocycles. The molecule has 2 aromatic carbocycles. The van der Waals surface area contributed by atoms with Crippen LogP contribution >= 0.6 is 0 Å². The van der Waals surface area contributed by atoms with Gasteiger partial charge >= 0.3 is 5.97 Å². The second-order valence-electron chi connectivity index (χ2n) is 10.5. The molecule has 0 saturated heterocycles. The van der Waals surface area contributed by atoms with Crippen molar-refractivity contribution in [1.29, 1.82) is 0 Å². The third kappa shape index (κ3) is 7.73. The first-order valence-electron chi connectivity index (χ1n) is 13.8. The monoisotopic (exact) mass is 595 g/mol. The van der Waals surface area contributed by atoms with E-state index in [0.717, 1.165) is 23.7 Å². The van der Waals surface area contributed by atoms with Crippen molar-refractivity contribution in [3.8, 4) is 0 Å². The molecule has 222 valence electrons. The molecular weight excluding hydrogens is 561 g/mol. The van der Waals surface area contributed by atoms with Crippen LogP contribution in [-0.4, -0.2) is 36.0 Å². The summed E-state index contributed by atoms with van der Waals surface area (Å²) in [6, 6.07) is 15.5. The molecular formula is C31H34FN3O6S. The third-order valence-electron chi connectivity index (χ3n) is 7.25. The number of sulfonamides is 1. The number of hydrogen-bond donors (Lipinski definition) is 3. The van der Waals surface area contributed by atoms with E-state index in [-0.39, 0.29) is 34.2 Å². The lowest BCUT2D eigenvalue weighted by molar-refractivity contribution is -0.161. The summed E-state index contributed by atoms with van der Waals surface area (Å²) in [7, 11) is -4.00.